The summed E-state index contributed by atoms with van der Waals surface area (Å²) in [5, 5.41) is 21.5. The molecule has 4 aromatic carbocycles. The van der Waals surface area contributed by atoms with Crippen molar-refractivity contribution in [1.82, 2.24) is 0 Å². The Labute approximate surface area is 217 Å². The fraction of sp³-hybridized carbons (Fsp3) is 0.281. The molecule has 5 rings (SSSR count). The number of benzene rings is 4. The zero-order valence-electron chi connectivity index (χ0n) is 21.1. The second kappa shape index (κ2) is 10.8. The molecule has 190 valence electrons. The van der Waals surface area contributed by atoms with Crippen LogP contribution in [0.1, 0.15) is 59.2 Å². The second-order valence-corrected chi connectivity index (χ2v) is 9.78. The molecule has 0 atom stereocenters. The van der Waals surface area contributed by atoms with E-state index < -0.39 is 5.97 Å². The topological polar surface area (TPSA) is 76.0 Å². The number of ether oxygens (including phenoxy) is 2. The lowest BCUT2D eigenvalue weighted by atomic mass is 9.79. The number of aliphatic hydroxyl groups is 1. The van der Waals surface area contributed by atoms with E-state index in [4.69, 9.17) is 9.47 Å². The first-order valence-corrected chi connectivity index (χ1v) is 12.8. The monoisotopic (exact) mass is 496 g/mol. The van der Waals surface area contributed by atoms with E-state index in [-0.39, 0.29) is 17.8 Å². The average Bonchev–Trinajstić information content (AvgIpc) is 2.95. The van der Waals surface area contributed by atoms with Gasteiger partial charge >= 0.3 is 5.97 Å². The minimum atomic E-state index is -0.998. The Morgan fingerprint density at radius 2 is 1.70 bits per heavy atom. The summed E-state index contributed by atoms with van der Waals surface area (Å²) in [6.45, 7) is 0.167. The standard InChI is InChI=1S/C32H32O5/c1-36-32(13-6-3-7-14-32)27-12-8-9-22(15-27)21-37-28-17-24-16-25(31(34)35)19-29(23-10-4-2-5-11-23)30(24)26(18-28)20-33/h2,4-5,8-12,15-19,33H,3,6-7,13-14,20-21H2,1H3,(H,34,35). The first-order valence-electron chi connectivity index (χ1n) is 12.8. The minimum Gasteiger partial charge on any atom is -0.489 e. The number of rotatable bonds is 8. The highest BCUT2D eigenvalue weighted by Crippen LogP contribution is 2.40. The van der Waals surface area contributed by atoms with Crippen LogP contribution in [0.15, 0.2) is 78.9 Å². The van der Waals surface area contributed by atoms with Crippen LogP contribution in [0.4, 0.5) is 0 Å². The molecule has 0 aromatic heterocycles. The van der Waals surface area contributed by atoms with Gasteiger partial charge in [0.15, 0.2) is 0 Å². The van der Waals surface area contributed by atoms with Crippen molar-refractivity contribution in [1.29, 1.82) is 0 Å². The Morgan fingerprint density at radius 1 is 0.919 bits per heavy atom. The Morgan fingerprint density at radius 3 is 2.41 bits per heavy atom. The highest BCUT2D eigenvalue weighted by atomic mass is 16.5. The summed E-state index contributed by atoms with van der Waals surface area (Å²) >= 11 is 0. The molecule has 1 aliphatic carbocycles. The van der Waals surface area contributed by atoms with Crippen LogP contribution in [-0.4, -0.2) is 23.3 Å². The zero-order valence-corrected chi connectivity index (χ0v) is 21.1. The first kappa shape index (κ1) is 25.0. The fourth-order valence-electron chi connectivity index (χ4n) is 5.60. The molecule has 0 saturated heterocycles. The van der Waals surface area contributed by atoms with E-state index in [1.807, 2.05) is 54.6 Å². The Kier molecular flexibility index (Phi) is 7.26. The summed E-state index contributed by atoms with van der Waals surface area (Å²) in [4.78, 5) is 11.9. The van der Waals surface area contributed by atoms with Crippen LogP contribution < -0.4 is 4.74 Å². The van der Waals surface area contributed by atoms with Gasteiger partial charge < -0.3 is 19.7 Å². The quantitative estimate of drug-likeness (QED) is 0.273. The predicted octanol–water partition coefficient (Wildman–Crippen LogP) is 7.08. The lowest BCUT2D eigenvalue weighted by Gasteiger charge is -2.36. The molecular formula is C32H32O5. The number of hydrogen-bond donors (Lipinski definition) is 2. The molecule has 37 heavy (non-hydrogen) atoms. The normalized spacial score (nSPS) is 15.0. The van der Waals surface area contributed by atoms with Gasteiger partial charge in [-0.1, -0.05) is 67.8 Å². The third kappa shape index (κ3) is 5.10. The molecule has 0 radical (unpaired) electrons. The number of hydrogen-bond acceptors (Lipinski definition) is 4. The highest BCUT2D eigenvalue weighted by Gasteiger charge is 2.33. The van der Waals surface area contributed by atoms with Crippen molar-refractivity contribution in [3.8, 4) is 16.9 Å². The molecule has 5 nitrogen and oxygen atoms in total. The number of methoxy groups -OCH3 is 1. The Bertz CT molecular complexity index is 1400. The van der Waals surface area contributed by atoms with E-state index in [1.54, 1.807) is 19.2 Å². The van der Waals surface area contributed by atoms with Crippen molar-refractivity contribution in [3.05, 3.63) is 101 Å². The van der Waals surface area contributed by atoms with E-state index in [9.17, 15) is 15.0 Å². The average molecular weight is 497 g/mol. The van der Waals surface area contributed by atoms with E-state index >= 15 is 0 Å². The predicted molar refractivity (Wildman–Crippen MR) is 145 cm³/mol. The van der Waals surface area contributed by atoms with E-state index in [1.165, 1.54) is 24.8 Å². The van der Waals surface area contributed by atoms with Crippen molar-refractivity contribution in [2.45, 2.75) is 50.9 Å². The van der Waals surface area contributed by atoms with Gasteiger partial charge in [0, 0.05) is 7.11 Å². The molecule has 1 aliphatic rings. The molecule has 0 aliphatic heterocycles. The largest absolute Gasteiger partial charge is 0.489 e. The van der Waals surface area contributed by atoms with Gasteiger partial charge in [-0.05, 0) is 81.8 Å². The summed E-state index contributed by atoms with van der Waals surface area (Å²) in [5.74, 6) is -0.412. The van der Waals surface area contributed by atoms with Gasteiger partial charge in [0.05, 0.1) is 17.8 Å². The second-order valence-electron chi connectivity index (χ2n) is 9.78. The third-order valence-electron chi connectivity index (χ3n) is 7.52. The molecule has 0 heterocycles. The molecular weight excluding hydrogens is 464 g/mol. The molecule has 0 bridgehead atoms. The van der Waals surface area contributed by atoms with Crippen LogP contribution in [0, 0.1) is 0 Å². The van der Waals surface area contributed by atoms with Crippen LogP contribution in [0.2, 0.25) is 0 Å². The van der Waals surface area contributed by atoms with Crippen LogP contribution in [0.3, 0.4) is 0 Å². The van der Waals surface area contributed by atoms with Gasteiger partial charge in [-0.25, -0.2) is 4.79 Å². The third-order valence-corrected chi connectivity index (χ3v) is 7.52. The number of carbonyl (C=O) groups is 1. The van der Waals surface area contributed by atoms with Gasteiger partial charge in [-0.15, -0.1) is 0 Å². The molecule has 1 saturated carbocycles. The lowest BCUT2D eigenvalue weighted by molar-refractivity contribution is -0.0445. The summed E-state index contributed by atoms with van der Waals surface area (Å²) in [5.41, 5.74) is 4.54. The van der Waals surface area contributed by atoms with Crippen molar-refractivity contribution in [2.75, 3.05) is 7.11 Å². The van der Waals surface area contributed by atoms with Crippen molar-refractivity contribution >= 4 is 16.7 Å². The van der Waals surface area contributed by atoms with E-state index in [0.29, 0.717) is 17.9 Å². The number of carboxylic acids is 1. The molecule has 5 heteroatoms. The van der Waals surface area contributed by atoms with E-state index in [0.717, 1.165) is 40.3 Å². The van der Waals surface area contributed by atoms with Gasteiger partial charge in [0.2, 0.25) is 0 Å². The summed E-state index contributed by atoms with van der Waals surface area (Å²) < 4.78 is 12.2. The minimum absolute atomic E-state index is 0.189. The Balaban J connectivity index is 1.49. The fourth-order valence-corrected chi connectivity index (χ4v) is 5.60. The number of aromatic carboxylic acids is 1. The number of fused-ring (bicyclic) bond motifs is 1. The first-order chi connectivity index (χ1) is 18.0. The highest BCUT2D eigenvalue weighted by molar-refractivity contribution is 6.04. The van der Waals surface area contributed by atoms with Crippen LogP contribution >= 0.6 is 0 Å². The molecule has 0 unspecified atom stereocenters. The van der Waals surface area contributed by atoms with Crippen molar-refractivity contribution < 1.29 is 24.5 Å². The van der Waals surface area contributed by atoms with Gasteiger partial charge in [-0.3, -0.25) is 0 Å². The number of aliphatic hydroxyl groups excluding tert-OH is 1. The van der Waals surface area contributed by atoms with Gasteiger partial charge in [-0.2, -0.15) is 0 Å². The van der Waals surface area contributed by atoms with Crippen LogP contribution in [0.5, 0.6) is 5.75 Å². The van der Waals surface area contributed by atoms with Crippen LogP contribution in [0.25, 0.3) is 21.9 Å². The van der Waals surface area contributed by atoms with Gasteiger partial charge in [0.25, 0.3) is 0 Å². The molecule has 0 amide bonds. The summed E-state index contributed by atoms with van der Waals surface area (Å²) in [6, 6.07) is 25.0. The van der Waals surface area contributed by atoms with Crippen molar-refractivity contribution in [3.63, 3.8) is 0 Å². The van der Waals surface area contributed by atoms with E-state index in [2.05, 4.69) is 12.1 Å². The smallest absolute Gasteiger partial charge is 0.335 e. The van der Waals surface area contributed by atoms with Crippen LogP contribution in [-0.2, 0) is 23.6 Å². The van der Waals surface area contributed by atoms with Gasteiger partial charge in [0.1, 0.15) is 12.4 Å². The summed E-state index contributed by atoms with van der Waals surface area (Å²) in [7, 11) is 1.80. The summed E-state index contributed by atoms with van der Waals surface area (Å²) in [6.07, 6.45) is 5.62. The zero-order chi connectivity index (χ0) is 25.8. The SMILES string of the molecule is COC1(c2cccc(COc3cc(CO)c4c(-c5ccccc5)cc(C(=O)O)cc4c3)c2)CCCCC1. The Hall–Kier alpha value is -3.67. The molecule has 0 spiro atoms. The molecule has 2 N–H and O–H groups in total. The molecule has 4 aromatic rings. The molecule has 1 fully saturated rings. The maximum absolute atomic E-state index is 11.9. The lowest BCUT2D eigenvalue weighted by Crippen LogP contribution is -2.31. The maximum Gasteiger partial charge on any atom is 0.335 e. The van der Waals surface area contributed by atoms with Crippen molar-refractivity contribution in [2.24, 2.45) is 0 Å². The number of carboxylic acid groups (broad SMARTS) is 1. The maximum atomic E-state index is 11.9.